The predicted molar refractivity (Wildman–Crippen MR) is 71.7 cm³/mol. The molecule has 0 aromatic heterocycles. The minimum Gasteiger partial charge on any atom is -0.314 e. The Hall–Kier alpha value is 0.310. The van der Waals surface area contributed by atoms with Crippen LogP contribution in [0.3, 0.4) is 0 Å². The zero-order valence-electron chi connectivity index (χ0n) is 10.4. The maximum absolute atomic E-state index is 3.64. The highest BCUT2D eigenvalue weighted by Crippen LogP contribution is 2.34. The second-order valence-electron chi connectivity index (χ2n) is 4.55. The van der Waals surface area contributed by atoms with E-state index in [1.807, 2.05) is 0 Å². The molecule has 1 atom stereocenters. The normalized spacial score (nSPS) is 18.0. The number of hydrogen-bond donors (Lipinski definition) is 1. The van der Waals surface area contributed by atoms with Crippen molar-refractivity contribution in [1.29, 1.82) is 0 Å². The number of hydrogen-bond acceptors (Lipinski definition) is 2. The highest BCUT2D eigenvalue weighted by Gasteiger charge is 2.29. The molecule has 0 aromatic rings. The van der Waals surface area contributed by atoms with Crippen LogP contribution in [0.5, 0.6) is 0 Å². The fraction of sp³-hybridized carbons (Fsp3) is 1.00. The van der Waals surface area contributed by atoms with Gasteiger partial charge in [0.05, 0.1) is 0 Å². The summed E-state index contributed by atoms with van der Waals surface area (Å²) in [5.41, 5.74) is 0. The monoisotopic (exact) mass is 229 g/mol. The molecule has 1 N–H and O–H groups in total. The van der Waals surface area contributed by atoms with E-state index < -0.39 is 0 Å². The van der Waals surface area contributed by atoms with Crippen LogP contribution in [0.15, 0.2) is 0 Å². The summed E-state index contributed by atoms with van der Waals surface area (Å²) in [4.78, 5) is 0. The Morgan fingerprint density at radius 3 is 2.60 bits per heavy atom. The van der Waals surface area contributed by atoms with Crippen molar-refractivity contribution in [2.75, 3.05) is 18.1 Å². The van der Waals surface area contributed by atoms with Crippen molar-refractivity contribution < 1.29 is 0 Å². The Labute approximate surface area is 99.8 Å². The van der Waals surface area contributed by atoms with Crippen LogP contribution in [0, 0.1) is 5.92 Å². The minimum absolute atomic E-state index is 0.842. The first-order valence-electron chi connectivity index (χ1n) is 6.69. The smallest absolute Gasteiger partial charge is 0.00952 e. The van der Waals surface area contributed by atoms with Crippen molar-refractivity contribution in [2.45, 2.75) is 58.4 Å². The molecule has 1 saturated carbocycles. The van der Waals surface area contributed by atoms with Gasteiger partial charge in [-0.1, -0.05) is 26.7 Å². The first-order valence-corrected chi connectivity index (χ1v) is 7.85. The average molecular weight is 229 g/mol. The molecular formula is C13H27NS. The lowest BCUT2D eigenvalue weighted by molar-refractivity contribution is 0.428. The van der Waals surface area contributed by atoms with E-state index in [1.54, 1.807) is 0 Å². The highest BCUT2D eigenvalue weighted by molar-refractivity contribution is 7.99. The van der Waals surface area contributed by atoms with Crippen molar-refractivity contribution in [3.8, 4) is 0 Å². The van der Waals surface area contributed by atoms with Gasteiger partial charge in [-0.05, 0) is 49.7 Å². The minimum atomic E-state index is 0.842. The fourth-order valence-corrected chi connectivity index (χ4v) is 2.85. The van der Waals surface area contributed by atoms with Crippen molar-refractivity contribution >= 4 is 11.8 Å². The lowest BCUT2D eigenvalue weighted by atomic mass is 10.0. The van der Waals surface area contributed by atoms with Crippen LogP contribution in [0.2, 0.25) is 0 Å². The maximum atomic E-state index is 3.64. The molecule has 0 spiro atoms. The van der Waals surface area contributed by atoms with Crippen LogP contribution >= 0.6 is 11.8 Å². The zero-order chi connectivity index (χ0) is 10.9. The molecule has 1 aliphatic rings. The molecule has 90 valence electrons. The highest BCUT2D eigenvalue weighted by atomic mass is 32.2. The molecule has 0 radical (unpaired) electrons. The van der Waals surface area contributed by atoms with Gasteiger partial charge in [-0.3, -0.25) is 0 Å². The van der Waals surface area contributed by atoms with Gasteiger partial charge in [0, 0.05) is 6.04 Å². The molecule has 1 unspecified atom stereocenters. The first kappa shape index (κ1) is 13.4. The maximum Gasteiger partial charge on any atom is 0.00952 e. The third kappa shape index (κ3) is 6.47. The molecule has 0 saturated heterocycles. The van der Waals surface area contributed by atoms with Gasteiger partial charge in [0.25, 0.3) is 0 Å². The number of nitrogens with one attached hydrogen (secondary N) is 1. The second kappa shape index (κ2) is 8.46. The van der Waals surface area contributed by atoms with E-state index in [2.05, 4.69) is 30.9 Å². The molecule has 0 heterocycles. The topological polar surface area (TPSA) is 12.0 Å². The SMILES string of the molecule is CCNC(CCCCCSCC)C1CC1. The van der Waals surface area contributed by atoms with Gasteiger partial charge in [0.15, 0.2) is 0 Å². The van der Waals surface area contributed by atoms with Crippen molar-refractivity contribution in [3.05, 3.63) is 0 Å². The number of rotatable bonds is 10. The summed E-state index contributed by atoms with van der Waals surface area (Å²) in [6.07, 6.45) is 8.64. The summed E-state index contributed by atoms with van der Waals surface area (Å²) in [5, 5.41) is 3.64. The van der Waals surface area contributed by atoms with E-state index in [9.17, 15) is 0 Å². The van der Waals surface area contributed by atoms with Crippen LogP contribution in [0.25, 0.3) is 0 Å². The van der Waals surface area contributed by atoms with Gasteiger partial charge in [-0.2, -0.15) is 11.8 Å². The zero-order valence-corrected chi connectivity index (χ0v) is 11.2. The van der Waals surface area contributed by atoms with Crippen molar-refractivity contribution in [1.82, 2.24) is 5.32 Å². The lowest BCUT2D eigenvalue weighted by Crippen LogP contribution is -2.30. The fourth-order valence-electron chi connectivity index (χ4n) is 2.15. The Balaban J connectivity index is 1.92. The van der Waals surface area contributed by atoms with Gasteiger partial charge in [0.2, 0.25) is 0 Å². The summed E-state index contributed by atoms with van der Waals surface area (Å²) in [6.45, 7) is 5.62. The number of thioether (sulfide) groups is 1. The van der Waals surface area contributed by atoms with Crippen molar-refractivity contribution in [2.24, 2.45) is 5.92 Å². The van der Waals surface area contributed by atoms with E-state index >= 15 is 0 Å². The van der Waals surface area contributed by atoms with E-state index in [0.717, 1.165) is 18.5 Å². The quantitative estimate of drug-likeness (QED) is 0.573. The second-order valence-corrected chi connectivity index (χ2v) is 5.94. The van der Waals surface area contributed by atoms with E-state index in [4.69, 9.17) is 0 Å². The Morgan fingerprint density at radius 1 is 1.20 bits per heavy atom. The standard InChI is InChI=1S/C13H27NS/c1-3-14-13(12-9-10-12)8-6-5-7-11-15-4-2/h12-14H,3-11H2,1-2H3. The molecule has 0 bridgehead atoms. The summed E-state index contributed by atoms with van der Waals surface area (Å²) in [6, 6.07) is 0.842. The molecule has 15 heavy (non-hydrogen) atoms. The van der Waals surface area contributed by atoms with E-state index in [-0.39, 0.29) is 0 Å². The predicted octanol–water partition coefficient (Wildman–Crippen LogP) is 3.69. The van der Waals surface area contributed by atoms with Gasteiger partial charge < -0.3 is 5.32 Å². The Bertz CT molecular complexity index is 145. The molecule has 0 amide bonds. The molecule has 1 nitrogen and oxygen atoms in total. The molecule has 1 rings (SSSR count). The average Bonchev–Trinajstić information content (AvgIpc) is 3.05. The third-order valence-electron chi connectivity index (χ3n) is 3.17. The van der Waals surface area contributed by atoms with E-state index in [0.29, 0.717) is 0 Å². The summed E-state index contributed by atoms with van der Waals surface area (Å²) < 4.78 is 0. The molecule has 1 fully saturated rings. The van der Waals surface area contributed by atoms with Gasteiger partial charge in [-0.15, -0.1) is 0 Å². The largest absolute Gasteiger partial charge is 0.314 e. The summed E-state index contributed by atoms with van der Waals surface area (Å²) >= 11 is 2.08. The Kier molecular flexibility index (Phi) is 7.54. The van der Waals surface area contributed by atoms with Crippen molar-refractivity contribution in [3.63, 3.8) is 0 Å². The molecular weight excluding hydrogens is 202 g/mol. The molecule has 0 aromatic carbocycles. The van der Waals surface area contributed by atoms with Crippen LogP contribution in [-0.2, 0) is 0 Å². The first-order chi connectivity index (χ1) is 7.38. The van der Waals surface area contributed by atoms with E-state index in [1.165, 1.54) is 50.0 Å². The van der Waals surface area contributed by atoms with Gasteiger partial charge >= 0.3 is 0 Å². The van der Waals surface area contributed by atoms with Gasteiger partial charge in [0.1, 0.15) is 0 Å². The van der Waals surface area contributed by atoms with Crippen LogP contribution < -0.4 is 5.32 Å². The third-order valence-corrected chi connectivity index (χ3v) is 4.15. The Morgan fingerprint density at radius 2 is 2.00 bits per heavy atom. The molecule has 0 aliphatic heterocycles. The number of unbranched alkanes of at least 4 members (excludes halogenated alkanes) is 2. The summed E-state index contributed by atoms with van der Waals surface area (Å²) in [5.74, 6) is 3.67. The molecule has 2 heteroatoms. The van der Waals surface area contributed by atoms with Crippen LogP contribution in [0.4, 0.5) is 0 Å². The van der Waals surface area contributed by atoms with Gasteiger partial charge in [-0.25, -0.2) is 0 Å². The summed E-state index contributed by atoms with van der Waals surface area (Å²) in [7, 11) is 0. The lowest BCUT2D eigenvalue weighted by Gasteiger charge is -2.16. The van der Waals surface area contributed by atoms with Crippen LogP contribution in [-0.4, -0.2) is 24.1 Å². The molecule has 1 aliphatic carbocycles. The van der Waals surface area contributed by atoms with Crippen LogP contribution in [0.1, 0.15) is 52.4 Å².